The molecule has 4 heteroatoms. The van der Waals surface area contributed by atoms with Gasteiger partial charge in [-0.15, -0.1) is 0 Å². The number of nitrogens with one attached hydrogen (secondary N) is 1. The summed E-state index contributed by atoms with van der Waals surface area (Å²) in [5.41, 5.74) is 6.34. The number of anilines is 1. The van der Waals surface area contributed by atoms with Crippen LogP contribution in [0.2, 0.25) is 0 Å². The topological polar surface area (TPSA) is 55.1 Å². The van der Waals surface area contributed by atoms with E-state index < -0.39 is 0 Å². The molecule has 0 heterocycles. The zero-order chi connectivity index (χ0) is 15.7. The molecule has 0 saturated carbocycles. The Hall–Kier alpha value is -1.86. The standard InChI is InChI=1S/C17H23FN2O/c1-3-6-13(7-4-2)17(21)20-16-10-9-15(18)12-14(16)8-5-11-19/h9-10,12-13H,3-4,6-7,11,19H2,1-2H3,(H,20,21). The van der Waals surface area contributed by atoms with Crippen LogP contribution in [0, 0.1) is 23.6 Å². The molecule has 0 aliphatic rings. The van der Waals surface area contributed by atoms with Gasteiger partial charge in [0.15, 0.2) is 0 Å². The molecule has 0 radical (unpaired) electrons. The van der Waals surface area contributed by atoms with Crippen LogP contribution in [-0.2, 0) is 4.79 Å². The molecule has 0 spiro atoms. The Morgan fingerprint density at radius 1 is 1.33 bits per heavy atom. The lowest BCUT2D eigenvalue weighted by Crippen LogP contribution is -2.23. The number of benzene rings is 1. The van der Waals surface area contributed by atoms with Gasteiger partial charge in [0.25, 0.3) is 0 Å². The summed E-state index contributed by atoms with van der Waals surface area (Å²) in [4.78, 5) is 12.3. The molecule has 0 unspecified atom stereocenters. The zero-order valence-corrected chi connectivity index (χ0v) is 12.7. The van der Waals surface area contributed by atoms with Crippen LogP contribution in [0.25, 0.3) is 0 Å². The van der Waals surface area contributed by atoms with E-state index in [1.165, 1.54) is 12.1 Å². The Bertz CT molecular complexity index is 525. The van der Waals surface area contributed by atoms with Crippen LogP contribution >= 0.6 is 0 Å². The van der Waals surface area contributed by atoms with E-state index >= 15 is 0 Å². The van der Waals surface area contributed by atoms with Crippen molar-refractivity contribution in [3.63, 3.8) is 0 Å². The van der Waals surface area contributed by atoms with Crippen molar-refractivity contribution in [1.29, 1.82) is 0 Å². The summed E-state index contributed by atoms with van der Waals surface area (Å²) in [6.07, 6.45) is 3.62. The quantitative estimate of drug-likeness (QED) is 0.790. The van der Waals surface area contributed by atoms with Gasteiger partial charge >= 0.3 is 0 Å². The van der Waals surface area contributed by atoms with Crippen molar-refractivity contribution in [2.75, 3.05) is 11.9 Å². The van der Waals surface area contributed by atoms with Gasteiger partial charge in [-0.05, 0) is 31.0 Å². The highest BCUT2D eigenvalue weighted by Gasteiger charge is 2.17. The SMILES string of the molecule is CCCC(CCC)C(=O)Nc1ccc(F)cc1C#CCN. The number of carbonyl (C=O) groups is 1. The van der Waals surface area contributed by atoms with E-state index in [0.717, 1.165) is 25.7 Å². The van der Waals surface area contributed by atoms with Gasteiger partial charge in [0.05, 0.1) is 17.8 Å². The molecule has 0 saturated heterocycles. The van der Waals surface area contributed by atoms with Crippen LogP contribution in [0.5, 0.6) is 0 Å². The fourth-order valence-corrected chi connectivity index (χ4v) is 2.21. The van der Waals surface area contributed by atoms with Gasteiger partial charge in [0, 0.05) is 5.92 Å². The molecule has 114 valence electrons. The van der Waals surface area contributed by atoms with Crippen molar-refractivity contribution in [2.24, 2.45) is 11.7 Å². The zero-order valence-electron chi connectivity index (χ0n) is 12.7. The minimum atomic E-state index is -0.381. The lowest BCUT2D eigenvalue weighted by Gasteiger charge is -2.16. The third-order valence-corrected chi connectivity index (χ3v) is 3.21. The molecule has 0 aliphatic heterocycles. The van der Waals surface area contributed by atoms with E-state index in [0.29, 0.717) is 11.3 Å². The molecule has 0 atom stereocenters. The number of nitrogens with two attached hydrogens (primary N) is 1. The molecule has 0 aromatic heterocycles. The van der Waals surface area contributed by atoms with Crippen molar-refractivity contribution in [3.8, 4) is 11.8 Å². The molecule has 1 amide bonds. The van der Waals surface area contributed by atoms with Crippen LogP contribution in [0.3, 0.4) is 0 Å². The highest BCUT2D eigenvalue weighted by Crippen LogP contribution is 2.20. The molecule has 3 nitrogen and oxygen atoms in total. The van der Waals surface area contributed by atoms with Gasteiger partial charge in [0.2, 0.25) is 5.91 Å². The fraction of sp³-hybridized carbons (Fsp3) is 0.471. The van der Waals surface area contributed by atoms with E-state index in [-0.39, 0.29) is 24.2 Å². The Balaban J connectivity index is 2.92. The first kappa shape index (κ1) is 17.2. The van der Waals surface area contributed by atoms with Gasteiger partial charge < -0.3 is 11.1 Å². The van der Waals surface area contributed by atoms with E-state index in [2.05, 4.69) is 31.0 Å². The van der Waals surface area contributed by atoms with Crippen molar-refractivity contribution < 1.29 is 9.18 Å². The van der Waals surface area contributed by atoms with Crippen LogP contribution < -0.4 is 11.1 Å². The second-order valence-corrected chi connectivity index (χ2v) is 4.96. The lowest BCUT2D eigenvalue weighted by atomic mass is 9.97. The van der Waals surface area contributed by atoms with Crippen molar-refractivity contribution in [2.45, 2.75) is 39.5 Å². The summed E-state index contributed by atoms with van der Waals surface area (Å²) >= 11 is 0. The maximum Gasteiger partial charge on any atom is 0.227 e. The third-order valence-electron chi connectivity index (χ3n) is 3.21. The number of rotatable bonds is 6. The second-order valence-electron chi connectivity index (χ2n) is 4.96. The molecule has 0 fully saturated rings. The number of hydrogen-bond donors (Lipinski definition) is 2. The first-order chi connectivity index (χ1) is 10.1. The molecular weight excluding hydrogens is 267 g/mol. The average Bonchev–Trinajstić information content (AvgIpc) is 2.47. The minimum Gasteiger partial charge on any atom is -0.325 e. The van der Waals surface area contributed by atoms with Crippen molar-refractivity contribution >= 4 is 11.6 Å². The fourth-order valence-electron chi connectivity index (χ4n) is 2.21. The summed E-state index contributed by atoms with van der Waals surface area (Å²) in [5.74, 6) is 5.06. The average molecular weight is 290 g/mol. The number of hydrogen-bond acceptors (Lipinski definition) is 2. The summed E-state index contributed by atoms with van der Waals surface area (Å²) in [5, 5.41) is 2.87. The molecular formula is C17H23FN2O. The smallest absolute Gasteiger partial charge is 0.227 e. The third kappa shape index (κ3) is 5.57. The normalized spacial score (nSPS) is 10.1. The Kier molecular flexibility index (Phi) is 7.49. The molecule has 1 rings (SSSR count). The maximum atomic E-state index is 13.3. The number of amides is 1. The minimum absolute atomic E-state index is 0.0135. The van der Waals surface area contributed by atoms with E-state index in [1.54, 1.807) is 6.07 Å². The molecule has 1 aromatic rings. The Morgan fingerprint density at radius 2 is 2.00 bits per heavy atom. The Morgan fingerprint density at radius 3 is 2.57 bits per heavy atom. The monoisotopic (exact) mass is 290 g/mol. The second kappa shape index (κ2) is 9.15. The molecule has 0 bridgehead atoms. The first-order valence-corrected chi connectivity index (χ1v) is 7.41. The van der Waals surface area contributed by atoms with Gasteiger partial charge in [-0.25, -0.2) is 4.39 Å². The maximum absolute atomic E-state index is 13.3. The van der Waals surface area contributed by atoms with Crippen LogP contribution in [0.1, 0.15) is 45.1 Å². The molecule has 1 aromatic carbocycles. The van der Waals surface area contributed by atoms with Gasteiger partial charge in [-0.1, -0.05) is 38.5 Å². The predicted octanol–water partition coefficient (Wildman–Crippen LogP) is 3.29. The molecule has 0 aliphatic carbocycles. The number of carbonyl (C=O) groups excluding carboxylic acids is 1. The lowest BCUT2D eigenvalue weighted by molar-refractivity contribution is -0.120. The predicted molar refractivity (Wildman–Crippen MR) is 84.3 cm³/mol. The molecule has 3 N–H and O–H groups in total. The van der Waals surface area contributed by atoms with Crippen LogP contribution in [-0.4, -0.2) is 12.5 Å². The first-order valence-electron chi connectivity index (χ1n) is 7.41. The Labute approximate surface area is 126 Å². The van der Waals surface area contributed by atoms with Gasteiger partial charge in [-0.2, -0.15) is 0 Å². The van der Waals surface area contributed by atoms with E-state index in [1.807, 2.05) is 0 Å². The molecule has 21 heavy (non-hydrogen) atoms. The van der Waals surface area contributed by atoms with Gasteiger partial charge in [0.1, 0.15) is 5.82 Å². The van der Waals surface area contributed by atoms with Crippen LogP contribution in [0.15, 0.2) is 18.2 Å². The number of halogens is 1. The highest BCUT2D eigenvalue weighted by atomic mass is 19.1. The highest BCUT2D eigenvalue weighted by molar-refractivity contribution is 5.93. The van der Waals surface area contributed by atoms with Crippen LogP contribution in [0.4, 0.5) is 10.1 Å². The summed E-state index contributed by atoms with van der Waals surface area (Å²) in [6, 6.07) is 4.17. The summed E-state index contributed by atoms with van der Waals surface area (Å²) in [6.45, 7) is 4.32. The van der Waals surface area contributed by atoms with E-state index in [4.69, 9.17) is 5.73 Å². The largest absolute Gasteiger partial charge is 0.325 e. The summed E-state index contributed by atoms with van der Waals surface area (Å²) in [7, 11) is 0. The summed E-state index contributed by atoms with van der Waals surface area (Å²) < 4.78 is 13.3. The van der Waals surface area contributed by atoms with Gasteiger partial charge in [-0.3, -0.25) is 4.79 Å². The van der Waals surface area contributed by atoms with E-state index in [9.17, 15) is 9.18 Å². The van der Waals surface area contributed by atoms with Crippen molar-refractivity contribution in [3.05, 3.63) is 29.6 Å². The van der Waals surface area contributed by atoms with Crippen molar-refractivity contribution in [1.82, 2.24) is 0 Å².